The van der Waals surface area contributed by atoms with E-state index in [2.05, 4.69) is 20.9 Å². The van der Waals surface area contributed by atoms with E-state index < -0.39 is 17.6 Å². The van der Waals surface area contributed by atoms with Crippen LogP contribution in [0.5, 0.6) is 5.75 Å². The summed E-state index contributed by atoms with van der Waals surface area (Å²) >= 11 is 8.84. The van der Waals surface area contributed by atoms with Crippen molar-refractivity contribution in [2.24, 2.45) is 0 Å². The van der Waals surface area contributed by atoms with E-state index in [0.717, 1.165) is 21.9 Å². The number of nitrogens with zero attached hydrogens (tertiary/aromatic N) is 1. The van der Waals surface area contributed by atoms with Gasteiger partial charge in [-0.15, -0.1) is 23.1 Å². The third-order valence-electron chi connectivity index (χ3n) is 6.51. The number of anilines is 2. The van der Waals surface area contributed by atoms with Gasteiger partial charge < -0.3 is 20.7 Å². The molecule has 0 fully saturated rings. The van der Waals surface area contributed by atoms with Crippen LogP contribution >= 0.6 is 34.7 Å². The third-order valence-corrected chi connectivity index (χ3v) is 8.61. The molecule has 0 aliphatic rings. The maximum atomic E-state index is 14.6. The molecule has 0 saturated heterocycles. The van der Waals surface area contributed by atoms with Gasteiger partial charge in [0.2, 0.25) is 5.91 Å². The number of hydrogen-bond acceptors (Lipinski definition) is 7. The zero-order valence-corrected chi connectivity index (χ0v) is 27.3. The van der Waals surface area contributed by atoms with Gasteiger partial charge in [-0.25, -0.2) is 9.37 Å². The van der Waals surface area contributed by atoms with Gasteiger partial charge in [0.05, 0.1) is 23.1 Å². The van der Waals surface area contributed by atoms with Crippen LogP contribution < -0.4 is 20.7 Å². The highest BCUT2D eigenvalue weighted by atomic mass is 35.5. The predicted molar refractivity (Wildman–Crippen MR) is 186 cm³/mol. The van der Waals surface area contributed by atoms with Crippen LogP contribution in [0.25, 0.3) is 17.3 Å². The second-order valence-corrected chi connectivity index (χ2v) is 12.1. The zero-order chi connectivity index (χ0) is 33.2. The van der Waals surface area contributed by atoms with Crippen LogP contribution in [-0.2, 0) is 9.59 Å². The fourth-order valence-corrected chi connectivity index (χ4v) is 5.88. The number of hydrogen-bond donors (Lipinski definition) is 3. The van der Waals surface area contributed by atoms with Crippen molar-refractivity contribution in [2.45, 2.75) is 11.8 Å². The quantitative estimate of drug-likeness (QED) is 0.0903. The standard InChI is InChI=1S/C35H28ClFN4O4S2/c1-2-45-25-15-11-22(12-16-25)31-20-47-35(40-31)41-32(42)21-46-26-17-13-24(14-18-26)38-34(44)30(19-27-28(36)9-6-10-29(27)37)39-33(43)23-7-4-3-5-8-23/h3-20H,2,21H2,1H3,(H,38,44)(H,39,43)(H,40,41,42)/b30-19-. The molecule has 4 aromatic carbocycles. The molecule has 8 nitrogen and oxygen atoms in total. The maximum Gasteiger partial charge on any atom is 0.272 e. The Morgan fingerprint density at radius 3 is 2.38 bits per heavy atom. The number of rotatable bonds is 12. The molecule has 1 heterocycles. The normalized spacial score (nSPS) is 11.1. The number of carbonyl (C=O) groups is 3. The van der Waals surface area contributed by atoms with Crippen molar-refractivity contribution >= 4 is 69.3 Å². The lowest BCUT2D eigenvalue weighted by atomic mass is 10.1. The van der Waals surface area contributed by atoms with E-state index in [-0.39, 0.29) is 27.9 Å². The van der Waals surface area contributed by atoms with E-state index in [1.54, 1.807) is 54.6 Å². The third kappa shape index (κ3) is 9.29. The Labute approximate surface area is 284 Å². The Kier molecular flexibility index (Phi) is 11.4. The van der Waals surface area contributed by atoms with E-state index in [4.69, 9.17) is 16.3 Å². The molecule has 0 saturated carbocycles. The Morgan fingerprint density at radius 2 is 1.68 bits per heavy atom. The Bertz CT molecular complexity index is 1880. The fourth-order valence-electron chi connectivity index (χ4n) is 4.22. The van der Waals surface area contributed by atoms with Crippen LogP contribution in [0.3, 0.4) is 0 Å². The van der Waals surface area contributed by atoms with Crippen molar-refractivity contribution in [3.63, 3.8) is 0 Å². The van der Waals surface area contributed by atoms with Crippen LogP contribution in [0.2, 0.25) is 5.02 Å². The molecule has 5 aromatic rings. The second-order valence-electron chi connectivity index (χ2n) is 9.82. The number of thioether (sulfide) groups is 1. The van der Waals surface area contributed by atoms with Gasteiger partial charge in [-0.05, 0) is 85.8 Å². The molecule has 238 valence electrons. The largest absolute Gasteiger partial charge is 0.494 e. The van der Waals surface area contributed by atoms with Gasteiger partial charge in [0.25, 0.3) is 11.8 Å². The van der Waals surface area contributed by atoms with Gasteiger partial charge >= 0.3 is 0 Å². The summed E-state index contributed by atoms with van der Waals surface area (Å²) in [5.74, 6) is -1.16. The molecule has 5 rings (SSSR count). The lowest BCUT2D eigenvalue weighted by Crippen LogP contribution is -2.30. The summed E-state index contributed by atoms with van der Waals surface area (Å²) in [6, 6.07) is 26.9. The first-order chi connectivity index (χ1) is 22.8. The van der Waals surface area contributed by atoms with Crippen LogP contribution in [0.15, 0.2) is 113 Å². The average molecular weight is 687 g/mol. The molecule has 0 aliphatic carbocycles. The Hall–Kier alpha value is -4.97. The minimum absolute atomic E-state index is 0.0390. The van der Waals surface area contributed by atoms with E-state index in [0.29, 0.717) is 23.0 Å². The van der Waals surface area contributed by atoms with Crippen LogP contribution in [-0.4, -0.2) is 35.1 Å². The minimum Gasteiger partial charge on any atom is -0.494 e. The van der Waals surface area contributed by atoms with Crippen LogP contribution in [0.1, 0.15) is 22.8 Å². The van der Waals surface area contributed by atoms with Crippen molar-refractivity contribution in [3.05, 3.63) is 130 Å². The van der Waals surface area contributed by atoms with Gasteiger partial charge in [0, 0.05) is 32.7 Å². The fraction of sp³-hybridized carbons (Fsp3) is 0.0857. The SMILES string of the molecule is CCOc1ccc(-c2csc(NC(=O)CSc3ccc(NC(=O)/C(=C/c4c(F)cccc4Cl)NC(=O)c4ccccc4)cc3)n2)cc1. The summed E-state index contributed by atoms with van der Waals surface area (Å²) < 4.78 is 20.0. The molecule has 0 radical (unpaired) electrons. The Morgan fingerprint density at radius 1 is 0.936 bits per heavy atom. The lowest BCUT2D eigenvalue weighted by molar-refractivity contribution is -0.114. The van der Waals surface area contributed by atoms with Crippen molar-refractivity contribution in [1.82, 2.24) is 10.3 Å². The van der Waals surface area contributed by atoms with Gasteiger partial charge in [-0.3, -0.25) is 14.4 Å². The number of carbonyl (C=O) groups excluding carboxylic acids is 3. The first-order valence-corrected chi connectivity index (χ1v) is 16.6. The first kappa shape index (κ1) is 33.4. The van der Waals surface area contributed by atoms with Crippen molar-refractivity contribution in [1.29, 1.82) is 0 Å². The van der Waals surface area contributed by atoms with Crippen LogP contribution in [0.4, 0.5) is 15.2 Å². The number of thiazole rings is 1. The smallest absolute Gasteiger partial charge is 0.272 e. The van der Waals surface area contributed by atoms with E-state index >= 15 is 0 Å². The molecule has 12 heteroatoms. The summed E-state index contributed by atoms with van der Waals surface area (Å²) in [5, 5.41) is 10.6. The highest BCUT2D eigenvalue weighted by Gasteiger charge is 2.17. The van der Waals surface area contributed by atoms with Crippen molar-refractivity contribution in [2.75, 3.05) is 23.0 Å². The molecule has 0 aliphatic heterocycles. The molecule has 3 amide bonds. The summed E-state index contributed by atoms with van der Waals surface area (Å²) in [6.45, 7) is 2.52. The number of benzene rings is 4. The lowest BCUT2D eigenvalue weighted by Gasteiger charge is -2.12. The number of aromatic nitrogens is 1. The molecular formula is C35H28ClFN4O4S2. The molecule has 3 N–H and O–H groups in total. The number of halogens is 2. The zero-order valence-electron chi connectivity index (χ0n) is 25.0. The topological polar surface area (TPSA) is 109 Å². The monoisotopic (exact) mass is 686 g/mol. The summed E-state index contributed by atoms with van der Waals surface area (Å²) in [6.07, 6.45) is 1.19. The minimum atomic E-state index is -0.679. The Balaban J connectivity index is 1.19. The molecule has 47 heavy (non-hydrogen) atoms. The summed E-state index contributed by atoms with van der Waals surface area (Å²) in [7, 11) is 0. The maximum absolute atomic E-state index is 14.6. The van der Waals surface area contributed by atoms with Gasteiger partial charge in [-0.1, -0.05) is 35.9 Å². The molecule has 0 bridgehead atoms. The van der Waals surface area contributed by atoms with E-state index in [1.807, 2.05) is 36.6 Å². The number of nitrogens with one attached hydrogen (secondary N) is 3. The van der Waals surface area contributed by atoms with Crippen molar-refractivity contribution < 1.29 is 23.5 Å². The molecular weight excluding hydrogens is 659 g/mol. The number of amides is 3. The second kappa shape index (κ2) is 16.0. The van der Waals surface area contributed by atoms with Gasteiger partial charge in [-0.2, -0.15) is 0 Å². The van der Waals surface area contributed by atoms with E-state index in [9.17, 15) is 18.8 Å². The molecule has 0 spiro atoms. The summed E-state index contributed by atoms with van der Waals surface area (Å²) in [4.78, 5) is 44.1. The summed E-state index contributed by atoms with van der Waals surface area (Å²) in [5.41, 5.74) is 2.18. The van der Waals surface area contributed by atoms with E-state index in [1.165, 1.54) is 47.4 Å². The first-order valence-electron chi connectivity index (χ1n) is 14.3. The highest BCUT2D eigenvalue weighted by Crippen LogP contribution is 2.28. The number of ether oxygens (including phenoxy) is 1. The predicted octanol–water partition coefficient (Wildman–Crippen LogP) is 8.14. The van der Waals surface area contributed by atoms with Gasteiger partial charge in [0.15, 0.2) is 5.13 Å². The molecule has 1 aromatic heterocycles. The molecule has 0 atom stereocenters. The van der Waals surface area contributed by atoms with Crippen LogP contribution in [0, 0.1) is 5.82 Å². The average Bonchev–Trinajstić information content (AvgIpc) is 3.54. The highest BCUT2D eigenvalue weighted by molar-refractivity contribution is 8.00. The van der Waals surface area contributed by atoms with Gasteiger partial charge in [0.1, 0.15) is 17.3 Å². The van der Waals surface area contributed by atoms with Crippen molar-refractivity contribution in [3.8, 4) is 17.0 Å². The molecule has 0 unspecified atom stereocenters.